The van der Waals surface area contributed by atoms with E-state index >= 15 is 0 Å². The van der Waals surface area contributed by atoms with Crippen LogP contribution in [0.5, 0.6) is 0 Å². The molecule has 0 aliphatic carbocycles. The molecule has 2 atom stereocenters. The third-order valence-corrected chi connectivity index (χ3v) is 4.35. The molecule has 1 aliphatic heterocycles. The van der Waals surface area contributed by atoms with Gasteiger partial charge in [-0.3, -0.25) is 4.90 Å². The fraction of sp³-hybridized carbons (Fsp3) is 0.812. The molecule has 0 bridgehead atoms. The molecular formula is C16H29N3O. The molecule has 2 heterocycles. The number of oxazole rings is 1. The Bertz CT molecular complexity index is 414. The summed E-state index contributed by atoms with van der Waals surface area (Å²) in [5.41, 5.74) is 0. The highest BCUT2D eigenvalue weighted by Gasteiger charge is 2.31. The van der Waals surface area contributed by atoms with E-state index in [1.165, 1.54) is 0 Å². The van der Waals surface area contributed by atoms with Crippen LogP contribution < -0.4 is 5.32 Å². The molecule has 0 radical (unpaired) electrons. The smallest absolute Gasteiger partial charge is 0.208 e. The van der Waals surface area contributed by atoms with Crippen molar-refractivity contribution in [2.24, 2.45) is 11.8 Å². The number of hydrogen-bond acceptors (Lipinski definition) is 4. The number of nitrogens with zero attached hydrogens (tertiary/aromatic N) is 2. The second-order valence-corrected chi connectivity index (χ2v) is 6.57. The summed E-state index contributed by atoms with van der Waals surface area (Å²) in [6.45, 7) is 14.2. The average molecular weight is 279 g/mol. The van der Waals surface area contributed by atoms with Crippen molar-refractivity contribution in [1.82, 2.24) is 15.2 Å². The number of rotatable bonds is 5. The van der Waals surface area contributed by atoms with Gasteiger partial charge in [0.25, 0.3) is 0 Å². The Morgan fingerprint density at radius 1 is 1.35 bits per heavy atom. The molecule has 2 unspecified atom stereocenters. The second kappa shape index (κ2) is 6.72. The topological polar surface area (TPSA) is 41.3 Å². The van der Waals surface area contributed by atoms with E-state index in [4.69, 9.17) is 4.42 Å². The van der Waals surface area contributed by atoms with E-state index in [9.17, 15) is 0 Å². The van der Waals surface area contributed by atoms with E-state index in [0.29, 0.717) is 23.9 Å². The molecule has 0 saturated carbocycles. The molecule has 114 valence electrons. The van der Waals surface area contributed by atoms with Crippen LogP contribution in [0.1, 0.15) is 46.3 Å². The normalized spacial score (nSPS) is 24.8. The second-order valence-electron chi connectivity index (χ2n) is 6.57. The van der Waals surface area contributed by atoms with Crippen LogP contribution in [0.25, 0.3) is 0 Å². The molecule has 1 saturated heterocycles. The Balaban J connectivity index is 2.06. The molecule has 20 heavy (non-hydrogen) atoms. The molecular weight excluding hydrogens is 250 g/mol. The summed E-state index contributed by atoms with van der Waals surface area (Å²) in [5.74, 6) is 3.13. The Morgan fingerprint density at radius 2 is 2.10 bits per heavy atom. The molecule has 0 amide bonds. The Morgan fingerprint density at radius 3 is 2.65 bits per heavy atom. The highest BCUT2D eigenvalue weighted by atomic mass is 16.4. The SMILES string of the molecule is CCc1cnc(CN2CC(C(C)C)NCC2C(C)C)o1. The predicted molar refractivity (Wildman–Crippen MR) is 81.5 cm³/mol. The van der Waals surface area contributed by atoms with E-state index in [0.717, 1.165) is 37.7 Å². The molecule has 0 aromatic carbocycles. The van der Waals surface area contributed by atoms with Crippen LogP contribution in [0, 0.1) is 11.8 Å². The number of hydrogen-bond donors (Lipinski definition) is 1. The monoisotopic (exact) mass is 279 g/mol. The lowest BCUT2D eigenvalue weighted by Gasteiger charge is -2.43. The van der Waals surface area contributed by atoms with E-state index in [1.807, 2.05) is 6.20 Å². The Hall–Kier alpha value is -0.870. The Labute approximate surface area is 122 Å². The van der Waals surface area contributed by atoms with Gasteiger partial charge in [-0.15, -0.1) is 0 Å². The zero-order valence-electron chi connectivity index (χ0n) is 13.5. The maximum Gasteiger partial charge on any atom is 0.208 e. The number of nitrogens with one attached hydrogen (secondary N) is 1. The molecule has 1 aromatic heterocycles. The molecule has 4 nitrogen and oxygen atoms in total. The lowest BCUT2D eigenvalue weighted by molar-refractivity contribution is 0.0702. The summed E-state index contributed by atoms with van der Waals surface area (Å²) in [4.78, 5) is 6.95. The molecule has 1 aliphatic rings. The van der Waals surface area contributed by atoms with E-state index in [-0.39, 0.29) is 0 Å². The van der Waals surface area contributed by atoms with Gasteiger partial charge in [0, 0.05) is 31.6 Å². The van der Waals surface area contributed by atoms with Crippen molar-refractivity contribution in [3.05, 3.63) is 17.8 Å². The van der Waals surface area contributed by atoms with Crippen molar-refractivity contribution in [3.63, 3.8) is 0 Å². The minimum absolute atomic E-state index is 0.557. The third kappa shape index (κ3) is 3.61. The van der Waals surface area contributed by atoms with E-state index in [2.05, 4.69) is 49.8 Å². The first-order valence-electron chi connectivity index (χ1n) is 7.92. The van der Waals surface area contributed by atoms with Crippen LogP contribution in [0.15, 0.2) is 10.6 Å². The number of aryl methyl sites for hydroxylation is 1. The zero-order chi connectivity index (χ0) is 14.7. The summed E-state index contributed by atoms with van der Waals surface area (Å²) in [5, 5.41) is 3.69. The van der Waals surface area contributed by atoms with Crippen LogP contribution in [0.2, 0.25) is 0 Å². The van der Waals surface area contributed by atoms with Gasteiger partial charge >= 0.3 is 0 Å². The van der Waals surface area contributed by atoms with Crippen molar-refractivity contribution in [3.8, 4) is 0 Å². The quantitative estimate of drug-likeness (QED) is 0.900. The molecule has 0 spiro atoms. The van der Waals surface area contributed by atoms with Crippen molar-refractivity contribution in [1.29, 1.82) is 0 Å². The standard InChI is InChI=1S/C16H29N3O/c1-6-13-7-18-16(20-13)10-19-9-14(11(2)3)17-8-15(19)12(4)5/h7,11-12,14-15,17H,6,8-10H2,1-5H3. The third-order valence-electron chi connectivity index (χ3n) is 4.35. The van der Waals surface area contributed by atoms with Crippen molar-refractivity contribution < 1.29 is 4.42 Å². The van der Waals surface area contributed by atoms with E-state index in [1.54, 1.807) is 0 Å². The van der Waals surface area contributed by atoms with E-state index < -0.39 is 0 Å². The van der Waals surface area contributed by atoms with Crippen molar-refractivity contribution in [2.75, 3.05) is 13.1 Å². The molecule has 1 fully saturated rings. The summed E-state index contributed by atoms with van der Waals surface area (Å²) in [6, 6.07) is 1.12. The highest BCUT2D eigenvalue weighted by Crippen LogP contribution is 2.20. The van der Waals surface area contributed by atoms with Gasteiger partial charge in [0.2, 0.25) is 5.89 Å². The van der Waals surface area contributed by atoms with Gasteiger partial charge in [-0.1, -0.05) is 34.6 Å². The maximum absolute atomic E-state index is 5.79. The summed E-state index contributed by atoms with van der Waals surface area (Å²) in [6.07, 6.45) is 2.78. The first-order chi connectivity index (χ1) is 9.51. The molecule has 1 N–H and O–H groups in total. The van der Waals surface area contributed by atoms with Crippen molar-refractivity contribution in [2.45, 2.75) is 59.7 Å². The summed E-state index contributed by atoms with van der Waals surface area (Å²) in [7, 11) is 0. The van der Waals surface area contributed by atoms with Gasteiger partial charge in [0.15, 0.2) is 0 Å². The Kier molecular flexibility index (Phi) is 5.22. The van der Waals surface area contributed by atoms with Crippen LogP contribution in [-0.4, -0.2) is 35.1 Å². The fourth-order valence-corrected chi connectivity index (χ4v) is 2.90. The minimum Gasteiger partial charge on any atom is -0.444 e. The number of piperazine rings is 1. The largest absolute Gasteiger partial charge is 0.444 e. The predicted octanol–water partition coefficient (Wildman–Crippen LogP) is 2.69. The van der Waals surface area contributed by atoms with Crippen LogP contribution in [-0.2, 0) is 13.0 Å². The highest BCUT2D eigenvalue weighted by molar-refractivity contribution is 4.96. The van der Waals surface area contributed by atoms with Gasteiger partial charge < -0.3 is 9.73 Å². The summed E-state index contributed by atoms with van der Waals surface area (Å²) >= 11 is 0. The van der Waals surface area contributed by atoms with Gasteiger partial charge in [0.1, 0.15) is 5.76 Å². The first kappa shape index (κ1) is 15.5. The first-order valence-corrected chi connectivity index (χ1v) is 7.92. The van der Waals surface area contributed by atoms with Crippen LogP contribution >= 0.6 is 0 Å². The lowest BCUT2D eigenvalue weighted by Crippen LogP contribution is -2.59. The fourth-order valence-electron chi connectivity index (χ4n) is 2.90. The number of aromatic nitrogens is 1. The van der Waals surface area contributed by atoms with Gasteiger partial charge in [-0.2, -0.15) is 0 Å². The van der Waals surface area contributed by atoms with Gasteiger partial charge in [-0.05, 0) is 11.8 Å². The molecule has 4 heteroatoms. The molecule has 1 aromatic rings. The van der Waals surface area contributed by atoms with Crippen LogP contribution in [0.3, 0.4) is 0 Å². The molecule has 2 rings (SSSR count). The lowest BCUT2D eigenvalue weighted by atomic mass is 9.94. The van der Waals surface area contributed by atoms with Crippen molar-refractivity contribution >= 4 is 0 Å². The maximum atomic E-state index is 5.79. The van der Waals surface area contributed by atoms with Crippen LogP contribution in [0.4, 0.5) is 0 Å². The summed E-state index contributed by atoms with van der Waals surface area (Å²) < 4.78 is 5.79. The minimum atomic E-state index is 0.557. The van der Waals surface area contributed by atoms with Gasteiger partial charge in [-0.25, -0.2) is 4.98 Å². The average Bonchev–Trinajstić information content (AvgIpc) is 2.86. The zero-order valence-corrected chi connectivity index (χ0v) is 13.5. The van der Waals surface area contributed by atoms with Gasteiger partial charge in [0.05, 0.1) is 12.7 Å².